The first-order valence-electron chi connectivity index (χ1n) is 9.63. The van der Waals surface area contributed by atoms with Crippen molar-refractivity contribution < 1.29 is 9.47 Å². The largest absolute Gasteiger partial charge is 0.497 e. The number of aromatic amines is 1. The van der Waals surface area contributed by atoms with Crippen LogP contribution in [-0.4, -0.2) is 40.3 Å². The Labute approximate surface area is 163 Å². The molecule has 0 aliphatic carbocycles. The Kier molecular flexibility index (Phi) is 5.09. The Morgan fingerprint density at radius 3 is 2.82 bits per heavy atom. The smallest absolute Gasteiger partial charge is 0.272 e. The number of fused-ring (bicyclic) bond motifs is 1. The summed E-state index contributed by atoms with van der Waals surface area (Å²) in [4.78, 5) is 19.2. The highest BCUT2D eigenvalue weighted by Gasteiger charge is 2.27. The Bertz CT molecular complexity index is 1040. The predicted molar refractivity (Wildman–Crippen MR) is 107 cm³/mol. The molecule has 1 aromatic carbocycles. The quantitative estimate of drug-likeness (QED) is 0.734. The summed E-state index contributed by atoms with van der Waals surface area (Å²) in [6.07, 6.45) is 3.36. The van der Waals surface area contributed by atoms with Crippen LogP contribution >= 0.6 is 0 Å². The number of hydrogen-bond donors (Lipinski definition) is 1. The number of rotatable bonds is 5. The van der Waals surface area contributed by atoms with Gasteiger partial charge in [0.25, 0.3) is 5.56 Å². The molecule has 1 N–H and O–H groups in total. The molecule has 2 aromatic heterocycles. The van der Waals surface area contributed by atoms with Gasteiger partial charge in [0.1, 0.15) is 11.5 Å². The van der Waals surface area contributed by atoms with Crippen LogP contribution in [0, 0.1) is 6.92 Å². The van der Waals surface area contributed by atoms with Crippen molar-refractivity contribution in [1.82, 2.24) is 19.5 Å². The maximum atomic E-state index is 12.3. The average Bonchev–Trinajstić information content (AvgIpc) is 3.13. The number of aryl methyl sites for hydroxylation is 1. The fourth-order valence-corrected chi connectivity index (χ4v) is 4.03. The van der Waals surface area contributed by atoms with Crippen LogP contribution in [0.4, 0.5) is 0 Å². The molecule has 1 fully saturated rings. The van der Waals surface area contributed by atoms with Gasteiger partial charge in [-0.2, -0.15) is 0 Å². The number of H-pyrrole nitrogens is 1. The highest BCUT2D eigenvalue weighted by Crippen LogP contribution is 2.34. The topological polar surface area (TPSA) is 71.9 Å². The maximum Gasteiger partial charge on any atom is 0.272 e. The summed E-state index contributed by atoms with van der Waals surface area (Å²) in [5.41, 5.74) is 3.49. The number of benzene rings is 1. The highest BCUT2D eigenvalue weighted by molar-refractivity contribution is 5.42. The van der Waals surface area contributed by atoms with Crippen LogP contribution in [0.1, 0.15) is 42.3 Å². The number of hydrogen-bond acceptors (Lipinski definition) is 5. The second kappa shape index (κ2) is 7.67. The number of likely N-dealkylation sites (tertiary alicyclic amines) is 1. The molecule has 1 atom stereocenters. The van der Waals surface area contributed by atoms with Gasteiger partial charge in [-0.05, 0) is 32.4 Å². The zero-order valence-electron chi connectivity index (χ0n) is 16.6. The van der Waals surface area contributed by atoms with Gasteiger partial charge in [-0.15, -0.1) is 0 Å². The molecule has 7 nitrogen and oxygen atoms in total. The molecule has 0 amide bonds. The number of aromatic nitrogens is 3. The molecule has 0 saturated carbocycles. The molecule has 1 aliphatic heterocycles. The molecule has 7 heteroatoms. The van der Waals surface area contributed by atoms with Crippen LogP contribution in [0.15, 0.2) is 35.1 Å². The van der Waals surface area contributed by atoms with E-state index in [-0.39, 0.29) is 11.6 Å². The van der Waals surface area contributed by atoms with E-state index in [1.807, 2.05) is 25.1 Å². The number of piperidine rings is 1. The third kappa shape index (κ3) is 3.49. The number of ether oxygens (including phenoxy) is 2. The van der Waals surface area contributed by atoms with Crippen molar-refractivity contribution in [2.45, 2.75) is 38.8 Å². The van der Waals surface area contributed by atoms with E-state index in [9.17, 15) is 4.79 Å². The van der Waals surface area contributed by atoms with Crippen molar-refractivity contribution in [1.29, 1.82) is 0 Å². The van der Waals surface area contributed by atoms with Crippen LogP contribution in [0.5, 0.6) is 11.5 Å². The second-order valence-corrected chi connectivity index (χ2v) is 7.30. The minimum atomic E-state index is -0.0760. The normalized spacial score (nSPS) is 17.8. The van der Waals surface area contributed by atoms with Crippen LogP contribution in [0.2, 0.25) is 0 Å². The summed E-state index contributed by atoms with van der Waals surface area (Å²) in [5, 5.41) is 3.27. The SMILES string of the molecule is COc1ccc(CN2CCCCC2c2cc3nc(C)cc(=O)n3[nH]2)c(OC)c1. The summed E-state index contributed by atoms with van der Waals surface area (Å²) in [7, 11) is 3.34. The summed E-state index contributed by atoms with van der Waals surface area (Å²) in [6, 6.07) is 9.71. The first-order valence-corrected chi connectivity index (χ1v) is 9.63. The van der Waals surface area contributed by atoms with Crippen LogP contribution in [0.25, 0.3) is 5.65 Å². The van der Waals surface area contributed by atoms with Gasteiger partial charge in [0.2, 0.25) is 0 Å². The molecule has 1 aliphatic rings. The fourth-order valence-electron chi connectivity index (χ4n) is 4.03. The number of nitrogens with zero attached hydrogens (tertiary/aromatic N) is 3. The molecule has 0 radical (unpaired) electrons. The van der Waals surface area contributed by atoms with E-state index in [0.717, 1.165) is 60.8 Å². The molecule has 0 bridgehead atoms. The van der Waals surface area contributed by atoms with Crippen molar-refractivity contribution in [3.63, 3.8) is 0 Å². The van der Waals surface area contributed by atoms with E-state index in [1.165, 1.54) is 4.52 Å². The standard InChI is InChI=1S/C21H26N4O3/c1-14-10-21(26)25-20(22-14)12-17(23-25)18-6-4-5-9-24(18)13-15-7-8-16(27-2)11-19(15)28-3/h7-8,10-12,18,23H,4-6,9,13H2,1-3H3. The van der Waals surface area contributed by atoms with E-state index in [1.54, 1.807) is 20.3 Å². The summed E-state index contributed by atoms with van der Waals surface area (Å²) in [5.74, 6) is 1.61. The Balaban J connectivity index is 1.66. The van der Waals surface area contributed by atoms with E-state index in [4.69, 9.17) is 9.47 Å². The molecule has 4 rings (SSSR count). The first kappa shape index (κ1) is 18.6. The highest BCUT2D eigenvalue weighted by atomic mass is 16.5. The Hall–Kier alpha value is -2.80. The lowest BCUT2D eigenvalue weighted by Gasteiger charge is -2.35. The van der Waals surface area contributed by atoms with E-state index in [0.29, 0.717) is 5.65 Å². The molecule has 148 valence electrons. The third-order valence-electron chi connectivity index (χ3n) is 5.44. The van der Waals surface area contributed by atoms with Gasteiger partial charge in [0.15, 0.2) is 5.65 Å². The van der Waals surface area contributed by atoms with Gasteiger partial charge < -0.3 is 9.47 Å². The van der Waals surface area contributed by atoms with Crippen molar-refractivity contribution >= 4 is 5.65 Å². The van der Waals surface area contributed by atoms with Gasteiger partial charge in [-0.25, -0.2) is 9.50 Å². The van der Waals surface area contributed by atoms with E-state index in [2.05, 4.69) is 21.0 Å². The lowest BCUT2D eigenvalue weighted by molar-refractivity contribution is 0.135. The van der Waals surface area contributed by atoms with Gasteiger partial charge in [0.05, 0.1) is 26.0 Å². The zero-order chi connectivity index (χ0) is 19.7. The first-order chi connectivity index (χ1) is 13.6. The summed E-state index contributed by atoms with van der Waals surface area (Å²) >= 11 is 0. The van der Waals surface area contributed by atoms with Crippen LogP contribution < -0.4 is 15.0 Å². The van der Waals surface area contributed by atoms with Crippen LogP contribution in [-0.2, 0) is 6.54 Å². The molecule has 3 heterocycles. The van der Waals surface area contributed by atoms with Crippen LogP contribution in [0.3, 0.4) is 0 Å². The van der Waals surface area contributed by atoms with Crippen molar-refractivity contribution in [2.24, 2.45) is 0 Å². The summed E-state index contributed by atoms with van der Waals surface area (Å²) in [6.45, 7) is 3.61. The van der Waals surface area contributed by atoms with Crippen molar-refractivity contribution in [3.05, 3.63) is 57.6 Å². The summed E-state index contributed by atoms with van der Waals surface area (Å²) < 4.78 is 12.4. The number of nitrogens with one attached hydrogen (secondary N) is 1. The third-order valence-corrected chi connectivity index (χ3v) is 5.44. The Morgan fingerprint density at radius 2 is 2.04 bits per heavy atom. The molecule has 3 aromatic rings. The second-order valence-electron chi connectivity index (χ2n) is 7.30. The monoisotopic (exact) mass is 382 g/mol. The van der Waals surface area contributed by atoms with Crippen molar-refractivity contribution in [3.8, 4) is 11.5 Å². The molecule has 28 heavy (non-hydrogen) atoms. The molecular weight excluding hydrogens is 356 g/mol. The number of methoxy groups -OCH3 is 2. The van der Waals surface area contributed by atoms with E-state index < -0.39 is 0 Å². The van der Waals surface area contributed by atoms with Gasteiger partial charge in [-0.1, -0.05) is 12.5 Å². The minimum Gasteiger partial charge on any atom is -0.497 e. The van der Waals surface area contributed by atoms with Gasteiger partial charge in [-0.3, -0.25) is 14.8 Å². The molecular formula is C21H26N4O3. The van der Waals surface area contributed by atoms with Gasteiger partial charge >= 0.3 is 0 Å². The van der Waals surface area contributed by atoms with Crippen molar-refractivity contribution in [2.75, 3.05) is 20.8 Å². The lowest BCUT2D eigenvalue weighted by Crippen LogP contribution is -2.33. The lowest BCUT2D eigenvalue weighted by atomic mass is 9.98. The maximum absolute atomic E-state index is 12.3. The van der Waals surface area contributed by atoms with Gasteiger partial charge in [0, 0.05) is 36.0 Å². The predicted octanol–water partition coefficient (Wildman–Crippen LogP) is 3.08. The zero-order valence-corrected chi connectivity index (χ0v) is 16.6. The molecule has 0 spiro atoms. The molecule has 1 saturated heterocycles. The van der Waals surface area contributed by atoms with E-state index >= 15 is 0 Å². The Morgan fingerprint density at radius 1 is 1.18 bits per heavy atom. The average molecular weight is 382 g/mol. The minimum absolute atomic E-state index is 0.0760. The fraction of sp³-hybridized carbons (Fsp3) is 0.429. The molecule has 1 unspecified atom stereocenters.